The third-order valence-corrected chi connectivity index (χ3v) is 5.42. The Labute approximate surface area is 111 Å². The van der Waals surface area contributed by atoms with Gasteiger partial charge in [-0.05, 0) is 24.1 Å². The van der Waals surface area contributed by atoms with Crippen molar-refractivity contribution in [2.75, 3.05) is 18.8 Å². The van der Waals surface area contributed by atoms with Gasteiger partial charge in [0.15, 0.2) is 0 Å². The lowest BCUT2D eigenvalue weighted by molar-refractivity contribution is -0.0932. The van der Waals surface area contributed by atoms with Crippen LogP contribution < -0.4 is 5.73 Å². The summed E-state index contributed by atoms with van der Waals surface area (Å²) in [5.41, 5.74) is 4.57. The first-order chi connectivity index (χ1) is 8.67. The van der Waals surface area contributed by atoms with Crippen LogP contribution >= 0.6 is 0 Å². The van der Waals surface area contributed by atoms with Gasteiger partial charge in [0.2, 0.25) is 10.0 Å². The zero-order chi connectivity index (χ0) is 14.4. The van der Waals surface area contributed by atoms with E-state index in [-0.39, 0.29) is 29.6 Å². The van der Waals surface area contributed by atoms with E-state index in [2.05, 4.69) is 0 Å². The van der Waals surface area contributed by atoms with Crippen LogP contribution in [0.25, 0.3) is 0 Å². The molecule has 1 aliphatic rings. The Morgan fingerprint density at radius 2 is 2.00 bits per heavy atom. The summed E-state index contributed by atoms with van der Waals surface area (Å²) in [5.74, 6) is -0.712. The van der Waals surface area contributed by atoms with Crippen LogP contribution in [-0.4, -0.2) is 36.5 Å². The molecule has 1 aliphatic heterocycles. The number of hydrogen-bond acceptors (Lipinski definition) is 4. The van der Waals surface area contributed by atoms with Crippen molar-refractivity contribution in [2.45, 2.75) is 24.3 Å². The second-order valence-corrected chi connectivity index (χ2v) is 7.12. The molecule has 0 bridgehead atoms. The number of anilines is 1. The van der Waals surface area contributed by atoms with Crippen molar-refractivity contribution in [3.05, 3.63) is 24.0 Å². The fourth-order valence-electron chi connectivity index (χ4n) is 1.97. The second-order valence-electron chi connectivity index (χ2n) is 5.21. The van der Waals surface area contributed by atoms with Gasteiger partial charge in [-0.2, -0.15) is 4.31 Å². The van der Waals surface area contributed by atoms with Gasteiger partial charge in [-0.15, -0.1) is 0 Å². The lowest BCUT2D eigenvalue weighted by Gasteiger charge is -2.47. The minimum atomic E-state index is -3.85. The average molecular weight is 288 g/mol. The van der Waals surface area contributed by atoms with Gasteiger partial charge < -0.3 is 10.8 Å². The standard InChI is InChI=1S/C12H17FN2O3S/c1-8(2)12(16)6-15(7-12)19(17,18)11-5-9(13)3-4-10(11)14/h3-5,8,16H,6-7,14H2,1-2H3. The van der Waals surface area contributed by atoms with E-state index in [1.807, 2.05) is 13.8 Å². The quantitative estimate of drug-likeness (QED) is 0.806. The molecule has 0 aliphatic carbocycles. The molecule has 3 N–H and O–H groups in total. The van der Waals surface area contributed by atoms with Crippen molar-refractivity contribution >= 4 is 15.7 Å². The molecule has 0 atom stereocenters. The number of β-amino-alcohol motifs (C(OH)–C–C–N with tert-alkyl or cyclic N) is 1. The van der Waals surface area contributed by atoms with E-state index in [0.717, 1.165) is 16.4 Å². The summed E-state index contributed by atoms with van der Waals surface area (Å²) in [4.78, 5) is -0.252. The Balaban J connectivity index is 2.29. The van der Waals surface area contributed by atoms with Gasteiger partial charge in [0, 0.05) is 13.1 Å². The topological polar surface area (TPSA) is 83.6 Å². The monoisotopic (exact) mass is 288 g/mol. The van der Waals surface area contributed by atoms with Crippen LogP contribution in [0.1, 0.15) is 13.8 Å². The van der Waals surface area contributed by atoms with Crippen molar-refractivity contribution in [3.8, 4) is 0 Å². The highest BCUT2D eigenvalue weighted by molar-refractivity contribution is 7.89. The number of sulfonamides is 1. The minimum Gasteiger partial charge on any atom is -0.398 e. The maximum absolute atomic E-state index is 13.2. The fourth-order valence-corrected chi connectivity index (χ4v) is 3.66. The first-order valence-corrected chi connectivity index (χ1v) is 7.38. The van der Waals surface area contributed by atoms with E-state index in [0.29, 0.717) is 0 Å². The van der Waals surface area contributed by atoms with E-state index < -0.39 is 21.4 Å². The van der Waals surface area contributed by atoms with Crippen LogP contribution in [0.15, 0.2) is 23.1 Å². The number of nitrogens with two attached hydrogens (primary N) is 1. The molecule has 0 unspecified atom stereocenters. The normalized spacial score (nSPS) is 19.4. The van der Waals surface area contributed by atoms with Crippen molar-refractivity contribution in [3.63, 3.8) is 0 Å². The SMILES string of the molecule is CC(C)C1(O)CN(S(=O)(=O)c2cc(F)ccc2N)C1. The lowest BCUT2D eigenvalue weighted by Crippen LogP contribution is -2.65. The third kappa shape index (κ3) is 2.33. The maximum Gasteiger partial charge on any atom is 0.245 e. The van der Waals surface area contributed by atoms with E-state index in [1.54, 1.807) is 0 Å². The van der Waals surface area contributed by atoms with Gasteiger partial charge in [-0.25, -0.2) is 12.8 Å². The second kappa shape index (κ2) is 4.43. The number of nitrogens with zero attached hydrogens (tertiary/aromatic N) is 1. The summed E-state index contributed by atoms with van der Waals surface area (Å²) >= 11 is 0. The fraction of sp³-hybridized carbons (Fsp3) is 0.500. The van der Waals surface area contributed by atoms with Crippen molar-refractivity contribution < 1.29 is 17.9 Å². The van der Waals surface area contributed by atoms with Crippen molar-refractivity contribution in [1.82, 2.24) is 4.31 Å². The molecule has 7 heteroatoms. The largest absolute Gasteiger partial charge is 0.398 e. The maximum atomic E-state index is 13.2. The Hall–Kier alpha value is -1.18. The van der Waals surface area contributed by atoms with E-state index in [1.165, 1.54) is 6.07 Å². The summed E-state index contributed by atoms with van der Waals surface area (Å²) in [6.45, 7) is 3.65. The zero-order valence-electron chi connectivity index (χ0n) is 10.8. The average Bonchev–Trinajstić information content (AvgIpc) is 2.27. The van der Waals surface area contributed by atoms with Gasteiger partial charge in [-0.3, -0.25) is 0 Å². The summed E-state index contributed by atoms with van der Waals surface area (Å²) in [7, 11) is -3.85. The summed E-state index contributed by atoms with van der Waals surface area (Å²) in [6, 6.07) is 3.23. The minimum absolute atomic E-state index is 0.00128. The zero-order valence-corrected chi connectivity index (χ0v) is 11.6. The molecule has 1 fully saturated rings. The molecular formula is C12H17FN2O3S. The highest BCUT2D eigenvalue weighted by atomic mass is 32.2. The van der Waals surface area contributed by atoms with Crippen LogP contribution in [0.3, 0.4) is 0 Å². The molecule has 5 nitrogen and oxygen atoms in total. The Bertz CT molecular complexity index is 595. The Morgan fingerprint density at radius 3 is 2.53 bits per heavy atom. The van der Waals surface area contributed by atoms with E-state index in [4.69, 9.17) is 5.73 Å². The number of benzene rings is 1. The lowest BCUT2D eigenvalue weighted by atomic mass is 9.85. The first-order valence-electron chi connectivity index (χ1n) is 5.94. The molecule has 1 aromatic carbocycles. The van der Waals surface area contributed by atoms with Crippen LogP contribution in [0.5, 0.6) is 0 Å². The molecule has 0 aromatic heterocycles. The number of aliphatic hydroxyl groups is 1. The summed E-state index contributed by atoms with van der Waals surface area (Å²) < 4.78 is 38.8. The number of halogens is 1. The van der Waals surface area contributed by atoms with Crippen molar-refractivity contribution in [2.24, 2.45) is 5.92 Å². The first kappa shape index (κ1) is 14.2. The molecule has 0 radical (unpaired) electrons. The van der Waals surface area contributed by atoms with Crippen LogP contribution in [0, 0.1) is 11.7 Å². The van der Waals surface area contributed by atoms with Crippen molar-refractivity contribution in [1.29, 1.82) is 0 Å². The summed E-state index contributed by atoms with van der Waals surface area (Å²) in [5, 5.41) is 10.1. The molecule has 106 valence electrons. The molecule has 1 heterocycles. The number of hydrogen-bond donors (Lipinski definition) is 2. The molecule has 0 spiro atoms. The number of nitrogen functional groups attached to an aromatic ring is 1. The van der Waals surface area contributed by atoms with Crippen LogP contribution in [-0.2, 0) is 10.0 Å². The summed E-state index contributed by atoms with van der Waals surface area (Å²) in [6.07, 6.45) is 0. The molecule has 0 saturated carbocycles. The van der Waals surface area contributed by atoms with Crippen LogP contribution in [0.4, 0.5) is 10.1 Å². The van der Waals surface area contributed by atoms with E-state index in [9.17, 15) is 17.9 Å². The van der Waals surface area contributed by atoms with Gasteiger partial charge >= 0.3 is 0 Å². The predicted octanol–water partition coefficient (Wildman–Crippen LogP) is 0.799. The highest BCUT2D eigenvalue weighted by Gasteiger charge is 2.49. The van der Waals surface area contributed by atoms with E-state index >= 15 is 0 Å². The van der Waals surface area contributed by atoms with Gasteiger partial charge in [0.1, 0.15) is 10.7 Å². The number of rotatable bonds is 3. The van der Waals surface area contributed by atoms with Gasteiger partial charge in [-0.1, -0.05) is 13.8 Å². The smallest absolute Gasteiger partial charge is 0.245 e. The van der Waals surface area contributed by atoms with Gasteiger partial charge in [0.25, 0.3) is 0 Å². The molecule has 0 amide bonds. The van der Waals surface area contributed by atoms with Crippen LogP contribution in [0.2, 0.25) is 0 Å². The molecule has 19 heavy (non-hydrogen) atoms. The van der Waals surface area contributed by atoms with Gasteiger partial charge in [0.05, 0.1) is 11.3 Å². The molecule has 2 rings (SSSR count). The highest BCUT2D eigenvalue weighted by Crippen LogP contribution is 2.34. The Morgan fingerprint density at radius 1 is 1.42 bits per heavy atom. The predicted molar refractivity (Wildman–Crippen MR) is 69.4 cm³/mol. The third-order valence-electron chi connectivity index (χ3n) is 3.57. The Kier molecular flexibility index (Phi) is 3.32. The molecular weight excluding hydrogens is 271 g/mol. The molecule has 1 aromatic rings. The molecule has 1 saturated heterocycles.